The van der Waals surface area contributed by atoms with Crippen LogP contribution in [0.25, 0.3) is 0 Å². The first-order valence-corrected chi connectivity index (χ1v) is 7.74. The lowest BCUT2D eigenvalue weighted by Gasteiger charge is -2.12. The molecule has 1 aromatic rings. The van der Waals surface area contributed by atoms with Crippen molar-refractivity contribution in [2.75, 3.05) is 18.1 Å². The lowest BCUT2D eigenvalue weighted by molar-refractivity contribution is 0.0696. The lowest BCUT2D eigenvalue weighted by Crippen LogP contribution is -2.11. The summed E-state index contributed by atoms with van der Waals surface area (Å²) in [4.78, 5) is 15.6. The molecular weight excluding hydrogens is 260 g/mol. The Morgan fingerprint density at radius 1 is 1.42 bits per heavy atom. The summed E-state index contributed by atoms with van der Waals surface area (Å²) in [6, 6.07) is 3.24. The fourth-order valence-corrected chi connectivity index (χ4v) is 1.94. The number of aromatic nitrogens is 1. The van der Waals surface area contributed by atoms with E-state index in [4.69, 9.17) is 5.11 Å². The maximum absolute atomic E-state index is 11.1. The summed E-state index contributed by atoms with van der Waals surface area (Å²) in [5.41, 5.74) is 1.10. The Hall–Kier alpha value is -1.23. The van der Waals surface area contributed by atoms with Gasteiger partial charge in [-0.3, -0.25) is 0 Å². The number of nitrogens with one attached hydrogen (secondary N) is 1. The van der Waals surface area contributed by atoms with Gasteiger partial charge in [0.2, 0.25) is 0 Å². The van der Waals surface area contributed by atoms with E-state index in [1.807, 2.05) is 25.6 Å². The highest BCUT2D eigenvalue weighted by Gasteiger charge is 2.10. The number of pyridine rings is 1. The van der Waals surface area contributed by atoms with Gasteiger partial charge in [-0.15, -0.1) is 0 Å². The molecule has 0 aromatic carbocycles. The first-order valence-electron chi connectivity index (χ1n) is 6.46. The zero-order valence-electron chi connectivity index (χ0n) is 11.9. The number of hydrogen-bond donors (Lipinski definition) is 2. The predicted octanol–water partition coefficient (Wildman–Crippen LogP) is 3.46. The van der Waals surface area contributed by atoms with Crippen LogP contribution in [0.5, 0.6) is 0 Å². The summed E-state index contributed by atoms with van der Waals surface area (Å²) in [5, 5.41) is 12.9. The molecule has 2 N–H and O–H groups in total. The average molecular weight is 282 g/mol. The number of carbonyl (C=O) groups is 1. The number of carboxylic acid groups (broad SMARTS) is 1. The van der Waals surface area contributed by atoms with Crippen LogP contribution in [0, 0.1) is 0 Å². The molecule has 0 spiro atoms. The summed E-state index contributed by atoms with van der Waals surface area (Å²) in [7, 11) is 0. The molecule has 1 heterocycles. The van der Waals surface area contributed by atoms with Gasteiger partial charge in [-0.2, -0.15) is 11.8 Å². The molecule has 0 bridgehead atoms. The van der Waals surface area contributed by atoms with Crippen LogP contribution in [0.3, 0.4) is 0 Å². The van der Waals surface area contributed by atoms with E-state index in [2.05, 4.69) is 23.5 Å². The van der Waals surface area contributed by atoms with Crippen molar-refractivity contribution in [3.05, 3.63) is 23.4 Å². The highest BCUT2D eigenvalue weighted by Crippen LogP contribution is 2.18. The summed E-state index contributed by atoms with van der Waals surface area (Å²) >= 11 is 1.82. The fourth-order valence-electron chi connectivity index (χ4n) is 1.58. The van der Waals surface area contributed by atoms with E-state index in [0.717, 1.165) is 18.7 Å². The smallest absolute Gasteiger partial charge is 0.335 e. The van der Waals surface area contributed by atoms with Crippen LogP contribution in [0.15, 0.2) is 12.1 Å². The van der Waals surface area contributed by atoms with Crippen molar-refractivity contribution >= 4 is 23.5 Å². The van der Waals surface area contributed by atoms with Crippen molar-refractivity contribution in [1.82, 2.24) is 4.98 Å². The molecule has 4 nitrogen and oxygen atoms in total. The highest BCUT2D eigenvalue weighted by molar-refractivity contribution is 7.99. The van der Waals surface area contributed by atoms with E-state index in [-0.39, 0.29) is 5.92 Å². The van der Waals surface area contributed by atoms with E-state index in [1.54, 1.807) is 12.1 Å². The number of anilines is 1. The van der Waals surface area contributed by atoms with Crippen molar-refractivity contribution < 1.29 is 9.90 Å². The monoisotopic (exact) mass is 282 g/mol. The standard InChI is InChI=1S/C14H22N2O2S/c1-9(2)12-7-11(14(17)18)8-13(16-12)15-6-5-10(3)19-4/h7-10H,5-6H2,1-4H3,(H,15,16)(H,17,18). The molecule has 0 saturated heterocycles. The Bertz CT molecular complexity index is 435. The van der Waals surface area contributed by atoms with Crippen molar-refractivity contribution in [2.24, 2.45) is 0 Å². The van der Waals surface area contributed by atoms with Gasteiger partial charge in [0.05, 0.1) is 5.56 Å². The number of nitrogens with zero attached hydrogens (tertiary/aromatic N) is 1. The number of thioether (sulfide) groups is 1. The van der Waals surface area contributed by atoms with Crippen LogP contribution in [-0.4, -0.2) is 34.1 Å². The minimum Gasteiger partial charge on any atom is -0.478 e. The molecule has 19 heavy (non-hydrogen) atoms. The normalized spacial score (nSPS) is 12.5. The Balaban J connectivity index is 2.79. The quantitative estimate of drug-likeness (QED) is 0.802. The Labute approximate surface area is 119 Å². The van der Waals surface area contributed by atoms with Crippen LogP contribution < -0.4 is 5.32 Å². The van der Waals surface area contributed by atoms with Gasteiger partial charge in [0.25, 0.3) is 0 Å². The van der Waals surface area contributed by atoms with Crippen molar-refractivity contribution in [3.63, 3.8) is 0 Å². The SMILES string of the molecule is CSC(C)CCNc1cc(C(=O)O)cc(C(C)C)n1. The average Bonchev–Trinajstić information content (AvgIpc) is 2.38. The molecule has 5 heteroatoms. The molecule has 0 aliphatic carbocycles. The van der Waals surface area contributed by atoms with Gasteiger partial charge in [0.15, 0.2) is 0 Å². The summed E-state index contributed by atoms with van der Waals surface area (Å²) in [6.45, 7) is 6.99. The largest absolute Gasteiger partial charge is 0.478 e. The van der Waals surface area contributed by atoms with Crippen LogP contribution >= 0.6 is 11.8 Å². The fraction of sp³-hybridized carbons (Fsp3) is 0.571. The van der Waals surface area contributed by atoms with Crippen LogP contribution in [0.4, 0.5) is 5.82 Å². The molecule has 1 aromatic heterocycles. The van der Waals surface area contributed by atoms with Gasteiger partial charge in [0, 0.05) is 17.5 Å². The number of hydrogen-bond acceptors (Lipinski definition) is 4. The molecule has 1 unspecified atom stereocenters. The van der Waals surface area contributed by atoms with Crippen LogP contribution in [0.1, 0.15) is 49.2 Å². The van der Waals surface area contributed by atoms with Crippen LogP contribution in [0.2, 0.25) is 0 Å². The molecule has 0 aliphatic rings. The zero-order chi connectivity index (χ0) is 14.4. The lowest BCUT2D eigenvalue weighted by atomic mass is 10.1. The van der Waals surface area contributed by atoms with E-state index >= 15 is 0 Å². The molecule has 1 atom stereocenters. The van der Waals surface area contributed by atoms with E-state index in [9.17, 15) is 4.79 Å². The number of aromatic carboxylic acids is 1. The van der Waals surface area contributed by atoms with Gasteiger partial charge < -0.3 is 10.4 Å². The second-order valence-corrected chi connectivity index (χ2v) is 6.16. The first-order chi connectivity index (χ1) is 8.93. The topological polar surface area (TPSA) is 62.2 Å². The number of rotatable bonds is 7. The molecule has 0 aliphatic heterocycles. The van der Waals surface area contributed by atoms with Crippen molar-refractivity contribution in [1.29, 1.82) is 0 Å². The predicted molar refractivity (Wildman–Crippen MR) is 81.4 cm³/mol. The van der Waals surface area contributed by atoms with E-state index in [0.29, 0.717) is 16.6 Å². The van der Waals surface area contributed by atoms with Gasteiger partial charge in [-0.1, -0.05) is 20.8 Å². The van der Waals surface area contributed by atoms with Crippen molar-refractivity contribution in [2.45, 2.75) is 38.4 Å². The second kappa shape index (κ2) is 7.38. The number of carboxylic acids is 1. The molecule has 1 rings (SSSR count). The Kier molecular flexibility index (Phi) is 6.15. The van der Waals surface area contributed by atoms with Gasteiger partial charge in [0.1, 0.15) is 5.82 Å². The van der Waals surface area contributed by atoms with Gasteiger partial charge in [-0.25, -0.2) is 9.78 Å². The maximum atomic E-state index is 11.1. The second-order valence-electron chi connectivity index (χ2n) is 4.89. The molecule has 0 fully saturated rings. The summed E-state index contributed by atoms with van der Waals surface area (Å²) in [6.07, 6.45) is 3.11. The maximum Gasteiger partial charge on any atom is 0.335 e. The Morgan fingerprint density at radius 3 is 2.63 bits per heavy atom. The minimum absolute atomic E-state index is 0.213. The minimum atomic E-state index is -0.912. The third-order valence-electron chi connectivity index (χ3n) is 2.94. The van der Waals surface area contributed by atoms with E-state index in [1.165, 1.54) is 0 Å². The van der Waals surface area contributed by atoms with E-state index < -0.39 is 5.97 Å². The summed E-state index contributed by atoms with van der Waals surface area (Å²) < 4.78 is 0. The zero-order valence-corrected chi connectivity index (χ0v) is 12.8. The molecule has 0 saturated carbocycles. The molecule has 0 amide bonds. The molecule has 106 valence electrons. The third-order valence-corrected chi connectivity index (χ3v) is 3.98. The van der Waals surface area contributed by atoms with Crippen LogP contribution in [-0.2, 0) is 0 Å². The first kappa shape index (κ1) is 15.8. The molecule has 0 radical (unpaired) electrons. The highest BCUT2D eigenvalue weighted by atomic mass is 32.2. The Morgan fingerprint density at radius 2 is 2.11 bits per heavy atom. The van der Waals surface area contributed by atoms with Crippen molar-refractivity contribution in [3.8, 4) is 0 Å². The van der Waals surface area contributed by atoms with Gasteiger partial charge in [-0.05, 0) is 30.7 Å². The summed E-state index contributed by atoms with van der Waals surface area (Å²) in [5.74, 6) is -0.0493. The third kappa shape index (κ3) is 5.11. The molecular formula is C14H22N2O2S. The van der Waals surface area contributed by atoms with Gasteiger partial charge >= 0.3 is 5.97 Å².